The lowest BCUT2D eigenvalue weighted by atomic mass is 10.2. The van der Waals surface area contributed by atoms with Crippen molar-refractivity contribution in [2.45, 2.75) is 19.4 Å². The van der Waals surface area contributed by atoms with Gasteiger partial charge in [-0.25, -0.2) is 14.8 Å². The summed E-state index contributed by atoms with van der Waals surface area (Å²) in [6.07, 6.45) is 0.355. The van der Waals surface area contributed by atoms with Crippen molar-refractivity contribution in [3.8, 4) is 5.75 Å². The van der Waals surface area contributed by atoms with Crippen LogP contribution in [0.3, 0.4) is 0 Å². The van der Waals surface area contributed by atoms with E-state index in [9.17, 15) is 4.79 Å². The van der Waals surface area contributed by atoms with E-state index >= 15 is 0 Å². The minimum Gasteiger partial charge on any atom is -0.494 e. The van der Waals surface area contributed by atoms with Gasteiger partial charge in [-0.1, -0.05) is 0 Å². The molecule has 1 aromatic rings. The van der Waals surface area contributed by atoms with Gasteiger partial charge in [0, 0.05) is 26.3 Å². The van der Waals surface area contributed by atoms with Gasteiger partial charge in [0.1, 0.15) is 11.9 Å². The van der Waals surface area contributed by atoms with Crippen LogP contribution in [0, 0.1) is 0 Å². The van der Waals surface area contributed by atoms with Crippen molar-refractivity contribution in [1.29, 1.82) is 0 Å². The molecule has 1 fully saturated rings. The molecule has 0 bridgehead atoms. The number of rotatable bonds is 4. The highest BCUT2D eigenvalue weighted by molar-refractivity contribution is 5.84. The quantitative estimate of drug-likeness (QED) is 0.922. The molecule has 6 nitrogen and oxygen atoms in total. The Morgan fingerprint density at radius 1 is 1.29 bits per heavy atom. The molecule has 1 unspecified atom stereocenters. The summed E-state index contributed by atoms with van der Waals surface area (Å²) in [7, 11) is 4.01. The summed E-state index contributed by atoms with van der Waals surface area (Å²) in [6, 6.07) is 7.24. The Bertz CT molecular complexity index is 464. The first-order valence-corrected chi connectivity index (χ1v) is 7.21. The average molecular weight is 293 g/mol. The summed E-state index contributed by atoms with van der Waals surface area (Å²) in [4.78, 5) is 11.9. The Hall–Kier alpha value is -1.79. The van der Waals surface area contributed by atoms with Crippen molar-refractivity contribution in [1.82, 2.24) is 10.0 Å². The molecule has 2 rings (SSSR count). The largest absolute Gasteiger partial charge is 0.494 e. The minimum atomic E-state index is -0.415. The molecule has 1 atom stereocenters. The van der Waals surface area contributed by atoms with Crippen LogP contribution >= 0.6 is 0 Å². The zero-order chi connectivity index (χ0) is 15.2. The van der Waals surface area contributed by atoms with E-state index in [-0.39, 0.29) is 6.10 Å². The maximum absolute atomic E-state index is 11.9. The maximum Gasteiger partial charge on any atom is 0.411 e. The summed E-state index contributed by atoms with van der Waals surface area (Å²) in [5.41, 5.74) is 0.699. The molecular weight excluding hydrogens is 270 g/mol. The van der Waals surface area contributed by atoms with Gasteiger partial charge < -0.3 is 9.47 Å². The topological polar surface area (TPSA) is 54.0 Å². The number of carbonyl (C=O) groups excluding carboxylic acids is 1. The van der Waals surface area contributed by atoms with Gasteiger partial charge in [0.25, 0.3) is 0 Å². The summed E-state index contributed by atoms with van der Waals surface area (Å²) in [5, 5.41) is 6.90. The fraction of sp³-hybridized carbons (Fsp3) is 0.533. The summed E-state index contributed by atoms with van der Waals surface area (Å²) in [5.74, 6) is 0.786. The van der Waals surface area contributed by atoms with E-state index in [4.69, 9.17) is 9.47 Å². The first-order chi connectivity index (χ1) is 10.1. The molecule has 6 heteroatoms. The second-order valence-electron chi connectivity index (χ2n) is 5.12. The summed E-state index contributed by atoms with van der Waals surface area (Å²) >= 11 is 0. The van der Waals surface area contributed by atoms with Crippen LogP contribution in [0.4, 0.5) is 10.5 Å². The number of likely N-dealkylation sites (N-methyl/N-ethyl adjacent to an activating group) is 1. The fourth-order valence-corrected chi connectivity index (χ4v) is 2.22. The van der Waals surface area contributed by atoms with E-state index < -0.39 is 6.09 Å². The molecule has 1 aliphatic rings. The lowest BCUT2D eigenvalue weighted by Gasteiger charge is -2.36. The van der Waals surface area contributed by atoms with Gasteiger partial charge >= 0.3 is 6.09 Å². The SMILES string of the molecule is CCOc1ccc(NC(=O)OC2CCN(C)N(C)C2)cc1. The van der Waals surface area contributed by atoms with Crippen LogP contribution in [0.1, 0.15) is 13.3 Å². The van der Waals surface area contributed by atoms with Crippen LogP contribution in [-0.2, 0) is 4.74 Å². The molecule has 0 spiro atoms. The number of amides is 1. The minimum absolute atomic E-state index is 0.0751. The van der Waals surface area contributed by atoms with Gasteiger partial charge in [-0.2, -0.15) is 0 Å². The standard InChI is InChI=1S/C15H23N3O3/c1-4-20-13-7-5-12(6-8-13)16-15(19)21-14-9-10-17(2)18(3)11-14/h5-8,14H,4,9-11H2,1-3H3,(H,16,19). The number of carbonyl (C=O) groups is 1. The third-order valence-corrected chi connectivity index (χ3v) is 3.51. The lowest BCUT2D eigenvalue weighted by molar-refractivity contribution is -0.0597. The number of nitrogens with zero attached hydrogens (tertiary/aromatic N) is 2. The van der Waals surface area contributed by atoms with E-state index in [1.54, 1.807) is 12.1 Å². The van der Waals surface area contributed by atoms with Crippen molar-refractivity contribution < 1.29 is 14.3 Å². The second-order valence-corrected chi connectivity index (χ2v) is 5.12. The number of hydrogen-bond donors (Lipinski definition) is 1. The maximum atomic E-state index is 11.9. The first kappa shape index (κ1) is 15.6. The van der Waals surface area contributed by atoms with Crippen LogP contribution < -0.4 is 10.1 Å². The molecule has 21 heavy (non-hydrogen) atoms. The normalized spacial score (nSPS) is 20.0. The predicted molar refractivity (Wildman–Crippen MR) is 81.4 cm³/mol. The third kappa shape index (κ3) is 4.61. The molecular formula is C15H23N3O3. The van der Waals surface area contributed by atoms with Gasteiger partial charge in [0.2, 0.25) is 0 Å². The molecule has 0 aromatic heterocycles. The molecule has 1 saturated heterocycles. The number of hydrazine groups is 1. The van der Waals surface area contributed by atoms with Crippen LogP contribution in [0.5, 0.6) is 5.75 Å². The van der Waals surface area contributed by atoms with E-state index in [0.29, 0.717) is 18.8 Å². The van der Waals surface area contributed by atoms with Crippen molar-refractivity contribution in [2.75, 3.05) is 39.1 Å². The smallest absolute Gasteiger partial charge is 0.411 e. The predicted octanol–water partition coefficient (Wildman–Crippen LogP) is 2.18. The molecule has 1 N–H and O–H groups in total. The van der Waals surface area contributed by atoms with Gasteiger partial charge in [-0.05, 0) is 37.6 Å². The van der Waals surface area contributed by atoms with Crippen molar-refractivity contribution in [2.24, 2.45) is 0 Å². The van der Waals surface area contributed by atoms with Crippen LogP contribution in [0.25, 0.3) is 0 Å². The van der Waals surface area contributed by atoms with Gasteiger partial charge in [0.05, 0.1) is 13.2 Å². The number of benzene rings is 1. The average Bonchev–Trinajstić information content (AvgIpc) is 2.45. The first-order valence-electron chi connectivity index (χ1n) is 7.21. The Morgan fingerprint density at radius 3 is 2.62 bits per heavy atom. The molecule has 1 amide bonds. The zero-order valence-corrected chi connectivity index (χ0v) is 12.8. The molecule has 1 aliphatic heterocycles. The molecule has 0 saturated carbocycles. The monoisotopic (exact) mass is 293 g/mol. The Labute approximate surface area is 125 Å². The fourth-order valence-electron chi connectivity index (χ4n) is 2.22. The molecule has 116 valence electrons. The van der Waals surface area contributed by atoms with E-state index in [1.807, 2.05) is 33.2 Å². The van der Waals surface area contributed by atoms with Crippen LogP contribution in [-0.4, -0.2) is 56.0 Å². The lowest BCUT2D eigenvalue weighted by Crippen LogP contribution is -2.49. The number of ether oxygens (including phenoxy) is 2. The molecule has 1 aromatic carbocycles. The van der Waals surface area contributed by atoms with Gasteiger partial charge in [0.15, 0.2) is 0 Å². The van der Waals surface area contributed by atoms with Crippen molar-refractivity contribution >= 4 is 11.8 Å². The van der Waals surface area contributed by atoms with Crippen LogP contribution in [0.2, 0.25) is 0 Å². The Morgan fingerprint density at radius 2 is 2.00 bits per heavy atom. The van der Waals surface area contributed by atoms with Gasteiger partial charge in [-0.3, -0.25) is 5.32 Å². The Balaban J connectivity index is 1.81. The summed E-state index contributed by atoms with van der Waals surface area (Å²) in [6.45, 7) is 4.16. The Kier molecular flexibility index (Phi) is 5.41. The van der Waals surface area contributed by atoms with Crippen LogP contribution in [0.15, 0.2) is 24.3 Å². The van der Waals surface area contributed by atoms with E-state index in [2.05, 4.69) is 15.3 Å². The van der Waals surface area contributed by atoms with E-state index in [0.717, 1.165) is 18.7 Å². The highest BCUT2D eigenvalue weighted by Crippen LogP contribution is 2.17. The second kappa shape index (κ2) is 7.28. The van der Waals surface area contributed by atoms with Crippen molar-refractivity contribution in [3.05, 3.63) is 24.3 Å². The number of anilines is 1. The van der Waals surface area contributed by atoms with E-state index in [1.165, 1.54) is 0 Å². The molecule has 0 aliphatic carbocycles. The summed E-state index contributed by atoms with van der Waals surface area (Å²) < 4.78 is 10.8. The molecule has 0 radical (unpaired) electrons. The van der Waals surface area contributed by atoms with Gasteiger partial charge in [-0.15, -0.1) is 0 Å². The highest BCUT2D eigenvalue weighted by Gasteiger charge is 2.24. The third-order valence-electron chi connectivity index (χ3n) is 3.51. The van der Waals surface area contributed by atoms with Crippen molar-refractivity contribution in [3.63, 3.8) is 0 Å². The zero-order valence-electron chi connectivity index (χ0n) is 12.8. The highest BCUT2D eigenvalue weighted by atomic mass is 16.6. The number of nitrogens with one attached hydrogen (secondary N) is 1. The number of hydrogen-bond acceptors (Lipinski definition) is 5. The molecule has 1 heterocycles.